The molecule has 3 rings (SSSR count). The third-order valence-corrected chi connectivity index (χ3v) is 5.25. The molecule has 1 aromatic carbocycles. The number of nitrogens with zero attached hydrogens (tertiary/aromatic N) is 3. The summed E-state index contributed by atoms with van der Waals surface area (Å²) in [5, 5.41) is 4.66. The van der Waals surface area contributed by atoms with Crippen molar-refractivity contribution in [1.29, 1.82) is 0 Å². The van der Waals surface area contributed by atoms with Crippen LogP contribution in [0, 0.1) is 0 Å². The summed E-state index contributed by atoms with van der Waals surface area (Å²) in [6, 6.07) is 7.13. The first-order valence-electron chi connectivity index (χ1n) is 10.4. The highest BCUT2D eigenvalue weighted by Crippen LogP contribution is 2.25. The number of rotatable bonds is 10. The third-order valence-electron chi connectivity index (χ3n) is 5.25. The van der Waals surface area contributed by atoms with E-state index in [2.05, 4.69) is 19.1 Å². The van der Waals surface area contributed by atoms with Gasteiger partial charge < -0.3 is 12.4 Å². The molecule has 0 amide bonds. The molecule has 0 unspecified atom stereocenters. The standard InChI is InChI=1S/C22H30N3O2.ClH/c1-3-5-7-11-15-24-19-20(25(23-24)16-12-8-6-4-2)22(27)18-14-10-9-13-17(18)21(19)26;/h9-10,13-14H,3-8,11-12,15-16H2,1-2H3;1H/q+1;/p-1. The highest BCUT2D eigenvalue weighted by atomic mass is 35.5. The van der Waals surface area contributed by atoms with Crippen molar-refractivity contribution in [2.75, 3.05) is 0 Å². The molecular weight excluding hydrogens is 374 g/mol. The van der Waals surface area contributed by atoms with E-state index in [0.717, 1.165) is 25.7 Å². The van der Waals surface area contributed by atoms with Crippen LogP contribution in [0.4, 0.5) is 0 Å². The predicted molar refractivity (Wildman–Crippen MR) is 104 cm³/mol. The van der Waals surface area contributed by atoms with E-state index in [-0.39, 0.29) is 24.0 Å². The van der Waals surface area contributed by atoms with Crippen LogP contribution in [0.1, 0.15) is 97.3 Å². The van der Waals surface area contributed by atoms with Gasteiger partial charge in [-0.2, -0.15) is 0 Å². The predicted octanol–water partition coefficient (Wildman–Crippen LogP) is 1.11. The number of aromatic nitrogens is 3. The summed E-state index contributed by atoms with van der Waals surface area (Å²) >= 11 is 0. The molecule has 1 aliphatic rings. The average Bonchev–Trinajstić information content (AvgIpc) is 3.05. The summed E-state index contributed by atoms with van der Waals surface area (Å²) in [6.45, 7) is 5.73. The zero-order valence-corrected chi connectivity index (χ0v) is 17.7. The van der Waals surface area contributed by atoms with Gasteiger partial charge in [-0.15, -0.1) is 9.36 Å². The Bertz CT molecular complexity index is 764. The van der Waals surface area contributed by atoms with Crippen molar-refractivity contribution in [3.8, 4) is 0 Å². The Morgan fingerprint density at radius 2 is 1.46 bits per heavy atom. The molecule has 1 heterocycles. The Labute approximate surface area is 173 Å². The van der Waals surface area contributed by atoms with Gasteiger partial charge >= 0.3 is 0 Å². The van der Waals surface area contributed by atoms with Crippen LogP contribution in [-0.2, 0) is 13.1 Å². The van der Waals surface area contributed by atoms with E-state index >= 15 is 0 Å². The van der Waals surface area contributed by atoms with E-state index in [1.807, 2.05) is 12.1 Å². The Hall–Kier alpha value is -2.01. The third kappa shape index (κ3) is 4.52. The maximum atomic E-state index is 13.1. The molecule has 1 aliphatic carbocycles. The van der Waals surface area contributed by atoms with Crippen LogP contribution in [0.2, 0.25) is 0 Å². The Morgan fingerprint density at radius 3 is 2.11 bits per heavy atom. The van der Waals surface area contributed by atoms with Crippen LogP contribution < -0.4 is 17.1 Å². The van der Waals surface area contributed by atoms with Gasteiger partial charge in [-0.1, -0.05) is 63.8 Å². The van der Waals surface area contributed by atoms with Crippen LogP contribution in [0.25, 0.3) is 0 Å². The number of halogens is 1. The lowest BCUT2D eigenvalue weighted by Gasteiger charge is -2.11. The van der Waals surface area contributed by atoms with Crippen LogP contribution in [0.3, 0.4) is 0 Å². The maximum absolute atomic E-state index is 13.1. The molecule has 0 saturated carbocycles. The number of carbonyl (C=O) groups excluding carboxylic acids is 2. The summed E-state index contributed by atoms with van der Waals surface area (Å²) in [5.41, 5.74) is 1.96. The summed E-state index contributed by atoms with van der Waals surface area (Å²) in [6.07, 6.45) is 8.85. The summed E-state index contributed by atoms with van der Waals surface area (Å²) < 4.78 is 3.56. The lowest BCUT2D eigenvalue weighted by Crippen LogP contribution is -3.00. The average molecular weight is 404 g/mol. The first kappa shape index (κ1) is 22.3. The van der Waals surface area contributed by atoms with Gasteiger partial charge in [0.25, 0.3) is 0 Å². The minimum atomic E-state index is -0.0736. The Kier molecular flexibility index (Phi) is 8.36. The van der Waals surface area contributed by atoms with Gasteiger partial charge in [0.05, 0.1) is 5.21 Å². The fourth-order valence-electron chi connectivity index (χ4n) is 3.74. The highest BCUT2D eigenvalue weighted by Gasteiger charge is 2.42. The van der Waals surface area contributed by atoms with E-state index in [4.69, 9.17) is 0 Å². The van der Waals surface area contributed by atoms with Crippen molar-refractivity contribution in [2.45, 2.75) is 78.3 Å². The first-order chi connectivity index (χ1) is 13.2. The van der Waals surface area contributed by atoms with Crippen LogP contribution in [0.15, 0.2) is 24.3 Å². The molecule has 0 atom stereocenters. The minimum absolute atomic E-state index is 0. The summed E-state index contributed by atoms with van der Waals surface area (Å²) in [5.74, 6) is -0.147. The number of carbonyl (C=O) groups is 2. The van der Waals surface area contributed by atoms with Gasteiger partial charge in [0.15, 0.2) is 0 Å². The zero-order chi connectivity index (χ0) is 19.2. The van der Waals surface area contributed by atoms with Crippen molar-refractivity contribution in [1.82, 2.24) is 9.90 Å². The Balaban J connectivity index is 0.00000280. The van der Waals surface area contributed by atoms with Crippen molar-refractivity contribution in [2.24, 2.45) is 0 Å². The molecule has 0 fully saturated rings. The maximum Gasteiger partial charge on any atom is 0.249 e. The quantitative estimate of drug-likeness (QED) is 0.376. The van der Waals surface area contributed by atoms with Crippen LogP contribution in [-0.4, -0.2) is 21.5 Å². The molecule has 0 bridgehead atoms. The van der Waals surface area contributed by atoms with E-state index in [1.54, 1.807) is 21.5 Å². The van der Waals surface area contributed by atoms with E-state index in [1.165, 1.54) is 25.7 Å². The number of aryl methyl sites for hydroxylation is 2. The summed E-state index contributed by atoms with van der Waals surface area (Å²) in [7, 11) is 0. The molecule has 0 aliphatic heterocycles. The number of ketones is 2. The molecule has 6 heteroatoms. The number of benzene rings is 1. The fourth-order valence-corrected chi connectivity index (χ4v) is 3.74. The number of unbranched alkanes of at least 4 members (excludes halogenated alkanes) is 6. The molecule has 0 spiro atoms. The second-order valence-corrected chi connectivity index (χ2v) is 7.36. The second-order valence-electron chi connectivity index (χ2n) is 7.36. The summed E-state index contributed by atoms with van der Waals surface area (Å²) in [4.78, 5) is 26.3. The van der Waals surface area contributed by atoms with Gasteiger partial charge in [-0.05, 0) is 25.7 Å². The first-order valence-corrected chi connectivity index (χ1v) is 10.4. The largest absolute Gasteiger partial charge is 1.00 e. The van der Waals surface area contributed by atoms with E-state index in [9.17, 15) is 9.59 Å². The SMILES string of the molecule is CCCCCCn1n[n+](CCCCCC)c2c1C(=O)c1ccccc1C2=O.[Cl-]. The van der Waals surface area contributed by atoms with Crippen LogP contribution >= 0.6 is 0 Å². The normalized spacial score (nSPS) is 12.5. The van der Waals surface area contributed by atoms with Crippen molar-refractivity contribution in [3.05, 3.63) is 46.8 Å². The van der Waals surface area contributed by atoms with Gasteiger partial charge in [0, 0.05) is 11.1 Å². The molecule has 1 aromatic heterocycles. The number of hydrogen-bond acceptors (Lipinski definition) is 3. The lowest BCUT2D eigenvalue weighted by molar-refractivity contribution is -0.757. The number of hydrogen-bond donors (Lipinski definition) is 0. The smallest absolute Gasteiger partial charge is 0.249 e. The van der Waals surface area contributed by atoms with Gasteiger partial charge in [-0.3, -0.25) is 9.59 Å². The van der Waals surface area contributed by atoms with E-state index in [0.29, 0.717) is 35.6 Å². The molecule has 2 aromatic rings. The zero-order valence-electron chi connectivity index (χ0n) is 16.9. The van der Waals surface area contributed by atoms with Crippen molar-refractivity contribution < 1.29 is 26.7 Å². The second kappa shape index (κ2) is 10.5. The molecule has 5 nitrogen and oxygen atoms in total. The minimum Gasteiger partial charge on any atom is -1.00 e. The Morgan fingerprint density at radius 1 is 0.857 bits per heavy atom. The van der Waals surface area contributed by atoms with Gasteiger partial charge in [0.1, 0.15) is 13.1 Å². The molecule has 152 valence electrons. The van der Waals surface area contributed by atoms with Gasteiger partial charge in [-0.25, -0.2) is 0 Å². The highest BCUT2D eigenvalue weighted by molar-refractivity contribution is 6.26. The number of fused-ring (bicyclic) bond motifs is 2. The fraction of sp³-hybridized carbons (Fsp3) is 0.545. The molecule has 0 saturated heterocycles. The topological polar surface area (TPSA) is 55.8 Å². The lowest BCUT2D eigenvalue weighted by atomic mass is 9.90. The van der Waals surface area contributed by atoms with Crippen molar-refractivity contribution >= 4 is 11.6 Å². The molecular formula is C22H30ClN3O2. The van der Waals surface area contributed by atoms with Gasteiger partial charge in [0.2, 0.25) is 23.0 Å². The molecule has 0 radical (unpaired) electrons. The van der Waals surface area contributed by atoms with E-state index < -0.39 is 0 Å². The monoisotopic (exact) mass is 403 g/mol. The van der Waals surface area contributed by atoms with Crippen LogP contribution in [0.5, 0.6) is 0 Å². The van der Waals surface area contributed by atoms with Crippen molar-refractivity contribution in [3.63, 3.8) is 0 Å². The molecule has 0 N–H and O–H groups in total. The molecule has 28 heavy (non-hydrogen) atoms.